The molecule has 4 heteroatoms. The molecule has 0 aromatic carbocycles. The van der Waals surface area contributed by atoms with Gasteiger partial charge in [0.05, 0.1) is 0 Å². The highest BCUT2D eigenvalue weighted by molar-refractivity contribution is 5.70. The lowest BCUT2D eigenvalue weighted by Gasteiger charge is -2.27. The van der Waals surface area contributed by atoms with Crippen LogP contribution in [0.25, 0.3) is 0 Å². The molecule has 4 nitrogen and oxygen atoms in total. The van der Waals surface area contributed by atoms with Crippen molar-refractivity contribution in [1.82, 2.24) is 5.06 Å². The number of amides is 1. The highest BCUT2D eigenvalue weighted by Gasteiger charge is 2.49. The number of hydrogen-bond acceptors (Lipinski definition) is 3. The van der Waals surface area contributed by atoms with Crippen molar-refractivity contribution in [2.24, 2.45) is 0 Å². The first-order valence-corrected chi connectivity index (χ1v) is 4.39. The molecule has 0 spiro atoms. The molecule has 1 saturated heterocycles. The molecule has 0 aliphatic carbocycles. The quantitative estimate of drug-likeness (QED) is 0.528. The predicted octanol–water partition coefficient (Wildman–Crippen LogP) is 1.94. The van der Waals surface area contributed by atoms with E-state index in [0.717, 1.165) is 0 Å². The van der Waals surface area contributed by atoms with Crippen LogP contribution >= 0.6 is 0 Å². The van der Waals surface area contributed by atoms with Crippen LogP contribution in [-0.2, 0) is 4.74 Å². The third kappa shape index (κ3) is 1.42. The molecule has 0 bridgehead atoms. The SMILES string of the molecule is C/C=C/[C@@]1(C)[C@@H](CC)OC(=O)N1O. The van der Waals surface area contributed by atoms with Crippen molar-refractivity contribution < 1.29 is 14.7 Å². The summed E-state index contributed by atoms with van der Waals surface area (Å²) in [6.45, 7) is 5.53. The standard InChI is InChI=1S/C9H15NO3/c1-4-6-9(3)7(5-2)13-8(11)10(9)12/h4,6-7,12H,5H2,1-3H3/b6-4+/t7-,9+/m1/s1. The first kappa shape index (κ1) is 10.1. The molecular formula is C9H15NO3. The molecule has 0 unspecified atom stereocenters. The summed E-state index contributed by atoms with van der Waals surface area (Å²) in [7, 11) is 0. The fourth-order valence-corrected chi connectivity index (χ4v) is 1.64. The van der Waals surface area contributed by atoms with E-state index in [0.29, 0.717) is 11.5 Å². The van der Waals surface area contributed by atoms with Gasteiger partial charge in [-0.05, 0) is 20.3 Å². The molecule has 0 radical (unpaired) electrons. The van der Waals surface area contributed by atoms with Crippen LogP contribution < -0.4 is 0 Å². The molecule has 2 atom stereocenters. The Bertz CT molecular complexity index is 239. The minimum absolute atomic E-state index is 0.277. The van der Waals surface area contributed by atoms with E-state index in [-0.39, 0.29) is 6.10 Å². The maximum Gasteiger partial charge on any atom is 0.435 e. The van der Waals surface area contributed by atoms with E-state index in [1.165, 1.54) is 0 Å². The van der Waals surface area contributed by atoms with Crippen LogP contribution in [0.3, 0.4) is 0 Å². The van der Waals surface area contributed by atoms with Gasteiger partial charge >= 0.3 is 6.09 Å². The van der Waals surface area contributed by atoms with E-state index in [1.807, 2.05) is 13.8 Å². The van der Waals surface area contributed by atoms with Crippen LogP contribution in [0.2, 0.25) is 0 Å². The summed E-state index contributed by atoms with van der Waals surface area (Å²) in [6, 6.07) is 0. The monoisotopic (exact) mass is 185 g/mol. The van der Waals surface area contributed by atoms with Gasteiger partial charge in [0, 0.05) is 0 Å². The number of rotatable bonds is 2. The van der Waals surface area contributed by atoms with Crippen molar-refractivity contribution >= 4 is 6.09 Å². The highest BCUT2D eigenvalue weighted by atomic mass is 16.7. The van der Waals surface area contributed by atoms with Crippen LogP contribution in [0, 0.1) is 0 Å². The Labute approximate surface area is 77.7 Å². The van der Waals surface area contributed by atoms with Crippen LogP contribution in [0.5, 0.6) is 0 Å². The molecule has 0 saturated carbocycles. The van der Waals surface area contributed by atoms with Gasteiger partial charge in [-0.15, -0.1) is 0 Å². The number of carbonyl (C=O) groups is 1. The lowest BCUT2D eigenvalue weighted by molar-refractivity contribution is -0.0867. The number of allylic oxidation sites excluding steroid dienone is 1. The average molecular weight is 185 g/mol. The molecule has 1 rings (SSSR count). The third-order valence-corrected chi connectivity index (χ3v) is 2.40. The zero-order chi connectivity index (χ0) is 10.1. The van der Waals surface area contributed by atoms with Gasteiger partial charge in [-0.2, -0.15) is 5.06 Å². The van der Waals surface area contributed by atoms with E-state index in [4.69, 9.17) is 4.74 Å². The van der Waals surface area contributed by atoms with Gasteiger partial charge in [0.2, 0.25) is 0 Å². The Morgan fingerprint density at radius 1 is 1.77 bits per heavy atom. The van der Waals surface area contributed by atoms with Crippen molar-refractivity contribution in [2.75, 3.05) is 0 Å². The molecular weight excluding hydrogens is 170 g/mol. The first-order chi connectivity index (χ1) is 6.06. The molecule has 1 N–H and O–H groups in total. The topological polar surface area (TPSA) is 49.8 Å². The Morgan fingerprint density at radius 2 is 2.38 bits per heavy atom. The molecule has 1 fully saturated rings. The second kappa shape index (κ2) is 3.38. The minimum atomic E-state index is -0.722. The van der Waals surface area contributed by atoms with E-state index in [2.05, 4.69) is 0 Å². The van der Waals surface area contributed by atoms with E-state index < -0.39 is 11.6 Å². The van der Waals surface area contributed by atoms with Gasteiger partial charge < -0.3 is 4.74 Å². The van der Waals surface area contributed by atoms with Gasteiger partial charge in [0.15, 0.2) is 0 Å². The Balaban J connectivity index is 2.96. The molecule has 1 aliphatic rings. The van der Waals surface area contributed by atoms with E-state index in [1.54, 1.807) is 19.1 Å². The molecule has 0 aromatic rings. The van der Waals surface area contributed by atoms with Gasteiger partial charge in [-0.1, -0.05) is 19.1 Å². The van der Waals surface area contributed by atoms with Crippen LogP contribution in [0.4, 0.5) is 4.79 Å². The predicted molar refractivity (Wildman–Crippen MR) is 47.4 cm³/mol. The zero-order valence-corrected chi connectivity index (χ0v) is 8.15. The van der Waals surface area contributed by atoms with Crippen molar-refractivity contribution in [2.45, 2.75) is 38.8 Å². The maximum absolute atomic E-state index is 11.1. The second-order valence-corrected chi connectivity index (χ2v) is 3.32. The van der Waals surface area contributed by atoms with Crippen LogP contribution in [-0.4, -0.2) is 28.0 Å². The maximum atomic E-state index is 11.1. The zero-order valence-electron chi connectivity index (χ0n) is 8.15. The van der Waals surface area contributed by atoms with Crippen molar-refractivity contribution in [1.29, 1.82) is 0 Å². The molecule has 74 valence electrons. The van der Waals surface area contributed by atoms with Gasteiger partial charge in [0.1, 0.15) is 11.6 Å². The van der Waals surface area contributed by atoms with Crippen molar-refractivity contribution in [3.63, 3.8) is 0 Å². The average Bonchev–Trinajstić information content (AvgIpc) is 2.31. The number of carbonyl (C=O) groups excluding carboxylic acids is 1. The number of nitrogens with zero attached hydrogens (tertiary/aromatic N) is 1. The molecule has 1 aliphatic heterocycles. The summed E-state index contributed by atoms with van der Waals surface area (Å²) in [5, 5.41) is 10.1. The van der Waals surface area contributed by atoms with E-state index in [9.17, 15) is 10.0 Å². The largest absolute Gasteiger partial charge is 0.442 e. The minimum Gasteiger partial charge on any atom is -0.442 e. The Morgan fingerprint density at radius 3 is 2.85 bits per heavy atom. The highest BCUT2D eigenvalue weighted by Crippen LogP contribution is 2.31. The number of cyclic esters (lactones) is 1. The second-order valence-electron chi connectivity index (χ2n) is 3.32. The molecule has 0 aromatic heterocycles. The smallest absolute Gasteiger partial charge is 0.435 e. The summed E-state index contributed by atoms with van der Waals surface area (Å²) in [4.78, 5) is 11.1. The normalized spacial score (nSPS) is 34.3. The lowest BCUT2D eigenvalue weighted by Crippen LogP contribution is -2.44. The van der Waals surface area contributed by atoms with Gasteiger partial charge in [0.25, 0.3) is 0 Å². The Hall–Kier alpha value is -1.03. The molecule has 13 heavy (non-hydrogen) atoms. The van der Waals surface area contributed by atoms with Crippen molar-refractivity contribution in [3.8, 4) is 0 Å². The fraction of sp³-hybridized carbons (Fsp3) is 0.667. The summed E-state index contributed by atoms with van der Waals surface area (Å²) >= 11 is 0. The summed E-state index contributed by atoms with van der Waals surface area (Å²) in [5.74, 6) is 0. The summed E-state index contributed by atoms with van der Waals surface area (Å²) in [5.41, 5.74) is -0.722. The fourth-order valence-electron chi connectivity index (χ4n) is 1.64. The first-order valence-electron chi connectivity index (χ1n) is 4.39. The summed E-state index contributed by atoms with van der Waals surface area (Å²) in [6.07, 6.45) is 3.30. The molecule has 1 amide bonds. The van der Waals surface area contributed by atoms with E-state index >= 15 is 0 Å². The number of hydroxylamine groups is 2. The van der Waals surface area contributed by atoms with Crippen LogP contribution in [0.1, 0.15) is 27.2 Å². The third-order valence-electron chi connectivity index (χ3n) is 2.40. The van der Waals surface area contributed by atoms with Gasteiger partial charge in [-0.3, -0.25) is 5.21 Å². The summed E-state index contributed by atoms with van der Waals surface area (Å²) < 4.78 is 4.98. The van der Waals surface area contributed by atoms with Crippen LogP contribution in [0.15, 0.2) is 12.2 Å². The van der Waals surface area contributed by atoms with Crippen molar-refractivity contribution in [3.05, 3.63) is 12.2 Å². The molecule has 1 heterocycles. The lowest BCUT2D eigenvalue weighted by atomic mass is 9.93. The Kier molecular flexibility index (Phi) is 2.61. The number of hydrogen-bond donors (Lipinski definition) is 1. The van der Waals surface area contributed by atoms with Gasteiger partial charge in [-0.25, -0.2) is 4.79 Å². The number of ether oxygens (including phenoxy) is 1.